The molecule has 5 nitrogen and oxygen atoms in total. The molecule has 0 bridgehead atoms. The van der Waals surface area contributed by atoms with Crippen LogP contribution >= 0.6 is 0 Å². The Labute approximate surface area is 94.7 Å². The van der Waals surface area contributed by atoms with Gasteiger partial charge in [-0.05, 0) is 18.8 Å². The molecule has 1 amide bonds. The second kappa shape index (κ2) is 5.53. The molecule has 16 heavy (non-hydrogen) atoms. The number of piperidine rings is 1. The summed E-state index contributed by atoms with van der Waals surface area (Å²) in [5.41, 5.74) is 0. The molecule has 1 aliphatic heterocycles. The summed E-state index contributed by atoms with van der Waals surface area (Å²) < 4.78 is 4.47. The molecule has 0 spiro atoms. The smallest absolute Gasteiger partial charge is 0.407 e. The predicted octanol–water partition coefficient (Wildman–Crippen LogP) is 1.49. The monoisotopic (exact) mass is 227 g/mol. The molecule has 0 aromatic rings. The maximum Gasteiger partial charge on any atom is 0.407 e. The first kappa shape index (κ1) is 12.5. The number of rotatable bonds is 2. The Morgan fingerprint density at radius 1 is 1.44 bits per heavy atom. The number of likely N-dealkylation sites (tertiary alicyclic amines) is 1. The molecule has 1 N–H and O–H groups in total. The fourth-order valence-corrected chi connectivity index (χ4v) is 1.85. The van der Waals surface area contributed by atoms with E-state index in [1.807, 2.05) is 6.92 Å². The zero-order chi connectivity index (χ0) is 12.1. The molecule has 5 heteroatoms. The maximum absolute atomic E-state index is 11.0. The van der Waals surface area contributed by atoms with Crippen molar-refractivity contribution in [2.24, 2.45) is 5.92 Å². The van der Waals surface area contributed by atoms with Crippen LogP contribution in [0.3, 0.4) is 0 Å². The molecule has 1 aliphatic rings. The highest BCUT2D eigenvalue weighted by molar-refractivity contribution is 5.82. The Morgan fingerprint density at radius 2 is 2.12 bits per heavy atom. The summed E-state index contributed by atoms with van der Waals surface area (Å²) in [4.78, 5) is 23.3. The minimum atomic E-state index is -0.939. The summed E-state index contributed by atoms with van der Waals surface area (Å²) in [5, 5.41) is 9.02. The van der Waals surface area contributed by atoms with Gasteiger partial charge in [-0.2, -0.15) is 0 Å². The lowest BCUT2D eigenvalue weighted by atomic mass is 9.94. The van der Waals surface area contributed by atoms with Crippen molar-refractivity contribution in [1.82, 2.24) is 4.90 Å². The van der Waals surface area contributed by atoms with Crippen molar-refractivity contribution >= 4 is 12.1 Å². The number of carbonyl (C=O) groups is 2. The van der Waals surface area contributed by atoms with Gasteiger partial charge in [-0.15, -0.1) is 0 Å². The Hall–Kier alpha value is -1.52. The minimum Gasteiger partial charge on any atom is -0.466 e. The van der Waals surface area contributed by atoms with Crippen LogP contribution in [0.15, 0.2) is 12.2 Å². The zero-order valence-electron chi connectivity index (χ0n) is 9.55. The highest BCUT2D eigenvalue weighted by Gasteiger charge is 2.27. The molecule has 1 saturated heterocycles. The van der Waals surface area contributed by atoms with Crippen molar-refractivity contribution in [3.05, 3.63) is 12.2 Å². The van der Waals surface area contributed by atoms with Crippen molar-refractivity contribution in [3.63, 3.8) is 0 Å². The van der Waals surface area contributed by atoms with Gasteiger partial charge in [0.2, 0.25) is 0 Å². The average Bonchev–Trinajstić information content (AvgIpc) is 2.26. The van der Waals surface area contributed by atoms with Gasteiger partial charge in [0.05, 0.1) is 13.2 Å². The lowest BCUT2D eigenvalue weighted by Gasteiger charge is -2.35. The van der Waals surface area contributed by atoms with Gasteiger partial charge in [0.15, 0.2) is 0 Å². The van der Waals surface area contributed by atoms with Crippen LogP contribution in [0.2, 0.25) is 0 Å². The fourth-order valence-electron chi connectivity index (χ4n) is 1.85. The van der Waals surface area contributed by atoms with Crippen LogP contribution in [0.4, 0.5) is 4.79 Å². The quantitative estimate of drug-likeness (QED) is 0.573. The van der Waals surface area contributed by atoms with Gasteiger partial charge in [-0.3, -0.25) is 0 Å². The number of amides is 1. The third-order valence-corrected chi connectivity index (χ3v) is 2.77. The maximum atomic E-state index is 11.0. The van der Waals surface area contributed by atoms with E-state index in [9.17, 15) is 9.59 Å². The summed E-state index contributed by atoms with van der Waals surface area (Å²) in [5.74, 6) is -0.0807. The summed E-state index contributed by atoms with van der Waals surface area (Å²) in [6.45, 7) is 2.54. The Bertz CT molecular complexity index is 300. The van der Waals surface area contributed by atoms with E-state index in [1.54, 1.807) is 6.08 Å². The standard InChI is InChI=1S/C11H17NO4/c1-8-3-4-9(5-6-10(13)16-2)12(7-8)11(14)15/h5-6,8-9H,3-4,7H2,1-2H3,(H,14,15). The minimum absolute atomic E-state index is 0.215. The number of nitrogens with zero attached hydrogens (tertiary/aromatic N) is 1. The Morgan fingerprint density at radius 3 is 2.69 bits per heavy atom. The SMILES string of the molecule is COC(=O)C=CC1CCC(C)CN1C(=O)O. The molecule has 1 fully saturated rings. The van der Waals surface area contributed by atoms with E-state index in [-0.39, 0.29) is 6.04 Å². The van der Waals surface area contributed by atoms with E-state index in [0.29, 0.717) is 12.5 Å². The molecule has 0 aromatic carbocycles. The number of ether oxygens (including phenoxy) is 1. The molecule has 90 valence electrons. The van der Waals surface area contributed by atoms with Crippen molar-refractivity contribution in [1.29, 1.82) is 0 Å². The van der Waals surface area contributed by atoms with E-state index in [1.165, 1.54) is 18.1 Å². The molecule has 1 rings (SSSR count). The molecule has 0 aromatic heterocycles. The zero-order valence-corrected chi connectivity index (χ0v) is 9.55. The number of carboxylic acid groups (broad SMARTS) is 1. The molecule has 0 aliphatic carbocycles. The number of hydrogen-bond acceptors (Lipinski definition) is 3. The summed E-state index contributed by atoms with van der Waals surface area (Å²) >= 11 is 0. The molecule has 1 heterocycles. The second-order valence-corrected chi connectivity index (χ2v) is 4.07. The van der Waals surface area contributed by atoms with Gasteiger partial charge < -0.3 is 14.7 Å². The van der Waals surface area contributed by atoms with E-state index in [4.69, 9.17) is 5.11 Å². The summed E-state index contributed by atoms with van der Waals surface area (Å²) in [6, 6.07) is -0.215. The number of carbonyl (C=O) groups excluding carboxylic acids is 1. The number of esters is 1. The number of methoxy groups -OCH3 is 1. The first-order valence-corrected chi connectivity index (χ1v) is 5.30. The third-order valence-electron chi connectivity index (χ3n) is 2.77. The van der Waals surface area contributed by atoms with Gasteiger partial charge in [0.1, 0.15) is 0 Å². The summed E-state index contributed by atoms with van der Waals surface area (Å²) in [7, 11) is 1.30. The van der Waals surface area contributed by atoms with E-state index < -0.39 is 12.1 Å². The Kier molecular flexibility index (Phi) is 4.34. The van der Waals surface area contributed by atoms with E-state index >= 15 is 0 Å². The lowest BCUT2D eigenvalue weighted by molar-refractivity contribution is -0.134. The highest BCUT2D eigenvalue weighted by Crippen LogP contribution is 2.22. The van der Waals surface area contributed by atoms with Crippen molar-refractivity contribution in [3.8, 4) is 0 Å². The normalized spacial score (nSPS) is 25.8. The van der Waals surface area contributed by atoms with E-state index in [2.05, 4.69) is 4.74 Å². The third kappa shape index (κ3) is 3.25. The van der Waals surface area contributed by atoms with Crippen LogP contribution in [-0.4, -0.2) is 41.8 Å². The average molecular weight is 227 g/mol. The molecule has 0 saturated carbocycles. The van der Waals surface area contributed by atoms with Crippen LogP contribution in [0.1, 0.15) is 19.8 Å². The van der Waals surface area contributed by atoms with Gasteiger partial charge in [0, 0.05) is 12.6 Å². The largest absolute Gasteiger partial charge is 0.466 e. The highest BCUT2D eigenvalue weighted by atomic mass is 16.5. The van der Waals surface area contributed by atoms with E-state index in [0.717, 1.165) is 12.8 Å². The van der Waals surface area contributed by atoms with Crippen LogP contribution in [0.25, 0.3) is 0 Å². The predicted molar refractivity (Wildman–Crippen MR) is 58.1 cm³/mol. The van der Waals surface area contributed by atoms with Gasteiger partial charge in [-0.25, -0.2) is 9.59 Å². The number of hydrogen-bond donors (Lipinski definition) is 1. The van der Waals surface area contributed by atoms with Crippen LogP contribution in [0, 0.1) is 5.92 Å². The van der Waals surface area contributed by atoms with Gasteiger partial charge >= 0.3 is 12.1 Å². The second-order valence-electron chi connectivity index (χ2n) is 4.07. The fraction of sp³-hybridized carbons (Fsp3) is 0.636. The first-order valence-electron chi connectivity index (χ1n) is 5.30. The summed E-state index contributed by atoms with van der Waals surface area (Å²) in [6.07, 6.45) is 3.68. The van der Waals surface area contributed by atoms with Crippen LogP contribution in [-0.2, 0) is 9.53 Å². The molecule has 2 atom stereocenters. The lowest BCUT2D eigenvalue weighted by Crippen LogP contribution is -2.44. The molecular formula is C11H17NO4. The van der Waals surface area contributed by atoms with Crippen LogP contribution in [0.5, 0.6) is 0 Å². The van der Waals surface area contributed by atoms with Gasteiger partial charge in [-0.1, -0.05) is 13.0 Å². The Balaban J connectivity index is 2.66. The van der Waals surface area contributed by atoms with Crippen molar-refractivity contribution in [2.75, 3.05) is 13.7 Å². The van der Waals surface area contributed by atoms with Crippen molar-refractivity contribution < 1.29 is 19.4 Å². The van der Waals surface area contributed by atoms with Crippen LogP contribution < -0.4 is 0 Å². The first-order chi connectivity index (χ1) is 7.54. The molecular weight excluding hydrogens is 210 g/mol. The molecule has 0 radical (unpaired) electrons. The molecule has 2 unspecified atom stereocenters. The topological polar surface area (TPSA) is 66.8 Å². The van der Waals surface area contributed by atoms with Gasteiger partial charge in [0.25, 0.3) is 0 Å². The van der Waals surface area contributed by atoms with Crippen molar-refractivity contribution in [2.45, 2.75) is 25.8 Å².